The first-order valence-corrected chi connectivity index (χ1v) is 3.94. The highest BCUT2D eigenvalue weighted by atomic mass is 79.9. The highest BCUT2D eigenvalue weighted by molar-refractivity contribution is 9.10. The molecule has 70 valence electrons. The Balaban J connectivity index is 3.31. The van der Waals surface area contributed by atoms with Crippen LogP contribution in [0.25, 0.3) is 0 Å². The number of rotatable bonds is 2. The van der Waals surface area contributed by atoms with Crippen molar-refractivity contribution in [1.29, 1.82) is 0 Å². The standard InChI is InChI=1S/C7H4BrF2NO2/c8-3-1-4(11-2-12)7(13)6(10)5(3)9/h1-2,13H,(H,11,12). The largest absolute Gasteiger partial charge is 0.503 e. The maximum Gasteiger partial charge on any atom is 0.211 e. The first-order valence-electron chi connectivity index (χ1n) is 3.14. The van der Waals surface area contributed by atoms with Crippen LogP contribution in [0.4, 0.5) is 14.5 Å². The van der Waals surface area contributed by atoms with Crippen molar-refractivity contribution in [2.24, 2.45) is 0 Å². The summed E-state index contributed by atoms with van der Waals surface area (Å²) < 4.78 is 25.3. The number of amides is 1. The van der Waals surface area contributed by atoms with E-state index in [4.69, 9.17) is 5.11 Å². The van der Waals surface area contributed by atoms with Crippen LogP contribution in [0.1, 0.15) is 0 Å². The fraction of sp³-hybridized carbons (Fsp3) is 0. The van der Waals surface area contributed by atoms with Gasteiger partial charge >= 0.3 is 0 Å². The van der Waals surface area contributed by atoms with Crippen molar-refractivity contribution in [2.75, 3.05) is 5.32 Å². The monoisotopic (exact) mass is 251 g/mol. The molecule has 0 spiro atoms. The molecule has 1 aromatic rings. The van der Waals surface area contributed by atoms with Crippen molar-refractivity contribution < 1.29 is 18.7 Å². The zero-order chi connectivity index (χ0) is 10.0. The number of hydrogen-bond acceptors (Lipinski definition) is 2. The third-order valence-electron chi connectivity index (χ3n) is 1.35. The van der Waals surface area contributed by atoms with E-state index < -0.39 is 17.4 Å². The third kappa shape index (κ3) is 1.77. The van der Waals surface area contributed by atoms with Crippen LogP contribution >= 0.6 is 15.9 Å². The minimum atomic E-state index is -1.40. The van der Waals surface area contributed by atoms with Gasteiger partial charge in [0, 0.05) is 0 Å². The lowest BCUT2D eigenvalue weighted by molar-refractivity contribution is -0.105. The van der Waals surface area contributed by atoms with Crippen molar-refractivity contribution in [2.45, 2.75) is 0 Å². The number of phenolic OH excluding ortho intramolecular Hbond substituents is 1. The molecule has 0 heterocycles. The highest BCUT2D eigenvalue weighted by Crippen LogP contribution is 2.32. The molecule has 0 atom stereocenters. The van der Waals surface area contributed by atoms with Gasteiger partial charge in [0.05, 0.1) is 10.2 Å². The summed E-state index contributed by atoms with van der Waals surface area (Å²) in [6.45, 7) is 0. The molecular formula is C7H4BrF2NO2. The number of anilines is 1. The topological polar surface area (TPSA) is 49.3 Å². The Morgan fingerprint density at radius 2 is 2.08 bits per heavy atom. The number of phenols is 1. The minimum Gasteiger partial charge on any atom is -0.503 e. The van der Waals surface area contributed by atoms with Gasteiger partial charge in [-0.2, -0.15) is 4.39 Å². The van der Waals surface area contributed by atoms with E-state index in [1.165, 1.54) is 0 Å². The molecule has 0 saturated heterocycles. The number of hydrogen-bond donors (Lipinski definition) is 2. The van der Waals surface area contributed by atoms with E-state index in [-0.39, 0.29) is 16.6 Å². The van der Waals surface area contributed by atoms with Crippen molar-refractivity contribution in [3.63, 3.8) is 0 Å². The van der Waals surface area contributed by atoms with Crippen molar-refractivity contribution in [3.8, 4) is 5.75 Å². The van der Waals surface area contributed by atoms with Gasteiger partial charge in [0.1, 0.15) is 0 Å². The SMILES string of the molecule is O=CNc1cc(Br)c(F)c(F)c1O. The van der Waals surface area contributed by atoms with Crippen molar-refractivity contribution in [3.05, 3.63) is 22.2 Å². The number of halogens is 3. The molecule has 0 aliphatic carbocycles. The van der Waals surface area contributed by atoms with Gasteiger partial charge in [0.15, 0.2) is 11.6 Å². The molecule has 1 amide bonds. The molecule has 3 nitrogen and oxygen atoms in total. The average molecular weight is 252 g/mol. The first kappa shape index (κ1) is 9.91. The second kappa shape index (κ2) is 3.69. The lowest BCUT2D eigenvalue weighted by Gasteiger charge is -2.05. The quantitative estimate of drug-likeness (QED) is 0.480. The summed E-state index contributed by atoms with van der Waals surface area (Å²) in [4.78, 5) is 9.98. The molecule has 0 unspecified atom stereocenters. The second-order valence-corrected chi connectivity index (χ2v) is 3.00. The zero-order valence-electron chi connectivity index (χ0n) is 6.14. The Labute approximate surface area is 80.5 Å². The Hall–Kier alpha value is -1.17. The third-order valence-corrected chi connectivity index (χ3v) is 1.93. The molecule has 0 fully saturated rings. The summed E-state index contributed by atoms with van der Waals surface area (Å²) in [7, 11) is 0. The van der Waals surface area contributed by atoms with E-state index in [1.54, 1.807) is 0 Å². The molecule has 0 saturated carbocycles. The van der Waals surface area contributed by atoms with Gasteiger partial charge in [-0.15, -0.1) is 0 Å². The average Bonchev–Trinajstić information content (AvgIpc) is 2.11. The van der Waals surface area contributed by atoms with Crippen LogP contribution in [0, 0.1) is 11.6 Å². The molecular weight excluding hydrogens is 248 g/mol. The minimum absolute atomic E-state index is 0.174. The van der Waals surface area contributed by atoms with Crippen LogP contribution < -0.4 is 5.32 Å². The molecule has 0 aliphatic heterocycles. The van der Waals surface area contributed by atoms with Crippen molar-refractivity contribution >= 4 is 28.0 Å². The van der Waals surface area contributed by atoms with Gasteiger partial charge in [-0.25, -0.2) is 4.39 Å². The van der Waals surface area contributed by atoms with Crippen LogP contribution in [0.3, 0.4) is 0 Å². The second-order valence-electron chi connectivity index (χ2n) is 2.14. The zero-order valence-corrected chi connectivity index (χ0v) is 7.73. The van der Waals surface area contributed by atoms with Crippen LogP contribution in [-0.2, 0) is 4.79 Å². The molecule has 0 bridgehead atoms. The number of aromatic hydroxyl groups is 1. The van der Waals surface area contributed by atoms with Gasteiger partial charge in [-0.05, 0) is 22.0 Å². The molecule has 0 aromatic heterocycles. The highest BCUT2D eigenvalue weighted by Gasteiger charge is 2.15. The number of benzene rings is 1. The molecule has 1 rings (SSSR count). The maximum atomic E-state index is 12.8. The summed E-state index contributed by atoms with van der Waals surface area (Å²) in [5, 5.41) is 11.0. The van der Waals surface area contributed by atoms with E-state index in [0.29, 0.717) is 0 Å². The normalized spacial score (nSPS) is 9.77. The van der Waals surface area contributed by atoms with Crippen LogP contribution in [0.15, 0.2) is 10.5 Å². The smallest absolute Gasteiger partial charge is 0.211 e. The summed E-state index contributed by atoms with van der Waals surface area (Å²) in [6, 6.07) is 1.06. The summed E-state index contributed by atoms with van der Waals surface area (Å²) in [5.74, 6) is -3.53. The van der Waals surface area contributed by atoms with Gasteiger partial charge in [-0.3, -0.25) is 4.79 Å². The molecule has 13 heavy (non-hydrogen) atoms. The van der Waals surface area contributed by atoms with Crippen molar-refractivity contribution in [1.82, 2.24) is 0 Å². The van der Waals surface area contributed by atoms with Gasteiger partial charge in [-0.1, -0.05) is 0 Å². The van der Waals surface area contributed by atoms with Gasteiger partial charge < -0.3 is 10.4 Å². The van der Waals surface area contributed by atoms with Crippen LogP contribution in [0.5, 0.6) is 5.75 Å². The Morgan fingerprint density at radius 1 is 1.46 bits per heavy atom. The van der Waals surface area contributed by atoms with Gasteiger partial charge in [0.25, 0.3) is 0 Å². The van der Waals surface area contributed by atoms with E-state index in [1.807, 2.05) is 5.32 Å². The predicted octanol–water partition coefficient (Wildman–Crippen LogP) is 2.00. The maximum absolute atomic E-state index is 12.8. The van der Waals surface area contributed by atoms with Crippen LogP contribution in [0.2, 0.25) is 0 Å². The molecule has 0 radical (unpaired) electrons. The molecule has 6 heteroatoms. The molecule has 1 aromatic carbocycles. The fourth-order valence-corrected chi connectivity index (χ4v) is 1.16. The number of carbonyl (C=O) groups excluding carboxylic acids is 1. The summed E-state index contributed by atoms with van der Waals surface area (Å²) >= 11 is 2.72. The van der Waals surface area contributed by atoms with E-state index in [2.05, 4.69) is 15.9 Å². The molecule has 2 N–H and O–H groups in total. The van der Waals surface area contributed by atoms with Crippen LogP contribution in [-0.4, -0.2) is 11.5 Å². The Bertz CT molecular complexity index is 357. The first-order chi connectivity index (χ1) is 6.07. The summed E-state index contributed by atoms with van der Waals surface area (Å²) in [5.41, 5.74) is -0.194. The van der Waals surface area contributed by atoms with Gasteiger partial charge in [0.2, 0.25) is 12.2 Å². The molecule has 0 aliphatic rings. The number of carbonyl (C=O) groups is 1. The predicted molar refractivity (Wildman–Crippen MR) is 45.4 cm³/mol. The van der Waals surface area contributed by atoms with E-state index >= 15 is 0 Å². The Kier molecular flexibility index (Phi) is 2.82. The number of nitrogens with one attached hydrogen (secondary N) is 1. The fourth-order valence-electron chi connectivity index (χ4n) is 0.759. The van der Waals surface area contributed by atoms with E-state index in [9.17, 15) is 13.6 Å². The summed E-state index contributed by atoms with van der Waals surface area (Å²) in [6.07, 6.45) is 0.249. The lowest BCUT2D eigenvalue weighted by atomic mass is 10.2. The lowest BCUT2D eigenvalue weighted by Crippen LogP contribution is -1.97. The Morgan fingerprint density at radius 3 is 2.62 bits per heavy atom. The van der Waals surface area contributed by atoms with E-state index in [0.717, 1.165) is 6.07 Å².